The quantitative estimate of drug-likeness (QED) is 0.721. The fourth-order valence-corrected chi connectivity index (χ4v) is 3.22. The molecule has 0 radical (unpaired) electrons. The minimum atomic E-state index is 0.0343. The maximum Gasteiger partial charge on any atom is 0.259 e. The van der Waals surface area contributed by atoms with Gasteiger partial charge in [-0.05, 0) is 28.5 Å². The van der Waals surface area contributed by atoms with E-state index >= 15 is 0 Å². The van der Waals surface area contributed by atoms with Crippen LogP contribution in [-0.2, 0) is 6.42 Å². The average molecular weight is 314 g/mol. The third-order valence-electron chi connectivity index (χ3n) is 4.42. The third kappa shape index (κ3) is 2.69. The monoisotopic (exact) mass is 314 g/mol. The van der Waals surface area contributed by atoms with E-state index in [1.165, 1.54) is 16.3 Å². The van der Waals surface area contributed by atoms with Gasteiger partial charge in [-0.15, -0.1) is 0 Å². The zero-order chi connectivity index (χ0) is 16.4. The molecule has 0 N–H and O–H groups in total. The number of amides is 1. The Labute approximate surface area is 141 Å². The van der Waals surface area contributed by atoms with Crippen LogP contribution in [0.25, 0.3) is 10.8 Å². The molecule has 0 aromatic heterocycles. The van der Waals surface area contributed by atoms with Crippen molar-refractivity contribution in [2.24, 2.45) is 4.99 Å². The fraction of sp³-hybridized carbons (Fsp3) is 0.143. The Morgan fingerprint density at radius 1 is 0.917 bits per heavy atom. The number of amidine groups is 1. The summed E-state index contributed by atoms with van der Waals surface area (Å²) in [5.41, 5.74) is 1.92. The van der Waals surface area contributed by atoms with Crippen molar-refractivity contribution in [2.75, 3.05) is 13.1 Å². The zero-order valence-corrected chi connectivity index (χ0v) is 13.4. The smallest absolute Gasteiger partial charge is 0.259 e. The summed E-state index contributed by atoms with van der Waals surface area (Å²) in [6.45, 7) is 1.34. The number of hydrogen-bond acceptors (Lipinski definition) is 2. The normalized spacial score (nSPS) is 14.0. The fourth-order valence-electron chi connectivity index (χ4n) is 3.22. The molecule has 0 bridgehead atoms. The second-order valence-electron chi connectivity index (χ2n) is 5.94. The maximum absolute atomic E-state index is 12.8. The van der Waals surface area contributed by atoms with Crippen molar-refractivity contribution in [3.8, 4) is 0 Å². The minimum absolute atomic E-state index is 0.0343. The summed E-state index contributed by atoms with van der Waals surface area (Å²) in [4.78, 5) is 19.2. The van der Waals surface area contributed by atoms with Gasteiger partial charge in [-0.25, -0.2) is 0 Å². The largest absolute Gasteiger partial charge is 0.294 e. The standard InChI is InChI=1S/C21H18N2O/c24-21(17-8-2-1-3-9-17)23-14-13-22-20(23)15-18-11-6-10-16-7-4-5-12-19(16)18/h1-12H,13-15H2. The first-order chi connectivity index (χ1) is 11.8. The molecule has 0 saturated carbocycles. The van der Waals surface area contributed by atoms with Gasteiger partial charge in [0.2, 0.25) is 0 Å². The topological polar surface area (TPSA) is 32.7 Å². The van der Waals surface area contributed by atoms with E-state index in [1.54, 1.807) is 0 Å². The van der Waals surface area contributed by atoms with Gasteiger partial charge >= 0.3 is 0 Å². The van der Waals surface area contributed by atoms with Crippen LogP contribution >= 0.6 is 0 Å². The van der Waals surface area contributed by atoms with Crippen molar-refractivity contribution in [1.82, 2.24) is 4.90 Å². The number of nitrogens with zero attached hydrogens (tertiary/aromatic N) is 2. The SMILES string of the molecule is O=C(c1ccccc1)N1CCN=C1Cc1cccc2ccccc12. The predicted molar refractivity (Wildman–Crippen MR) is 97.4 cm³/mol. The lowest BCUT2D eigenvalue weighted by Gasteiger charge is -2.19. The molecule has 3 nitrogen and oxygen atoms in total. The van der Waals surface area contributed by atoms with Crippen LogP contribution < -0.4 is 0 Å². The van der Waals surface area contributed by atoms with Crippen molar-refractivity contribution in [2.45, 2.75) is 6.42 Å². The molecule has 4 rings (SSSR count). The molecular weight excluding hydrogens is 296 g/mol. The van der Waals surface area contributed by atoms with Gasteiger partial charge in [-0.2, -0.15) is 0 Å². The molecule has 0 fully saturated rings. The number of aliphatic imine (C=N–C) groups is 1. The maximum atomic E-state index is 12.8. The molecule has 24 heavy (non-hydrogen) atoms. The molecule has 3 heteroatoms. The number of hydrogen-bond donors (Lipinski definition) is 0. The van der Waals surface area contributed by atoms with Crippen LogP contribution in [0.2, 0.25) is 0 Å². The molecule has 0 aliphatic carbocycles. The molecule has 1 amide bonds. The van der Waals surface area contributed by atoms with Gasteiger partial charge in [0.25, 0.3) is 5.91 Å². The molecule has 0 unspecified atom stereocenters. The summed E-state index contributed by atoms with van der Waals surface area (Å²) in [6.07, 6.45) is 0.680. The first-order valence-corrected chi connectivity index (χ1v) is 8.20. The van der Waals surface area contributed by atoms with Crippen LogP contribution in [0.4, 0.5) is 0 Å². The van der Waals surface area contributed by atoms with Crippen LogP contribution in [0.3, 0.4) is 0 Å². The Morgan fingerprint density at radius 2 is 1.67 bits per heavy atom. The highest BCUT2D eigenvalue weighted by Crippen LogP contribution is 2.21. The zero-order valence-electron chi connectivity index (χ0n) is 13.4. The molecule has 3 aromatic rings. The van der Waals surface area contributed by atoms with Gasteiger partial charge in [-0.3, -0.25) is 14.7 Å². The van der Waals surface area contributed by atoms with E-state index < -0.39 is 0 Å². The second-order valence-corrected chi connectivity index (χ2v) is 5.94. The Hall–Kier alpha value is -2.94. The van der Waals surface area contributed by atoms with E-state index in [0.29, 0.717) is 25.1 Å². The molecule has 1 aliphatic heterocycles. The highest BCUT2D eigenvalue weighted by atomic mass is 16.2. The summed E-state index contributed by atoms with van der Waals surface area (Å²) >= 11 is 0. The molecule has 1 heterocycles. The summed E-state index contributed by atoms with van der Waals surface area (Å²) < 4.78 is 0. The van der Waals surface area contributed by atoms with E-state index in [-0.39, 0.29) is 5.91 Å². The van der Waals surface area contributed by atoms with Crippen LogP contribution in [0.5, 0.6) is 0 Å². The number of carbonyl (C=O) groups excluding carboxylic acids is 1. The van der Waals surface area contributed by atoms with Gasteiger partial charge < -0.3 is 0 Å². The predicted octanol–water partition coefficient (Wildman–Crippen LogP) is 3.94. The summed E-state index contributed by atoms with van der Waals surface area (Å²) in [5.74, 6) is 0.896. The van der Waals surface area contributed by atoms with Gasteiger partial charge in [0.15, 0.2) is 0 Å². The Bertz CT molecular complexity index is 910. The molecule has 0 saturated heterocycles. The molecular formula is C21H18N2O. The number of fused-ring (bicyclic) bond motifs is 1. The average Bonchev–Trinajstić information content (AvgIpc) is 3.10. The van der Waals surface area contributed by atoms with Crippen molar-refractivity contribution in [1.29, 1.82) is 0 Å². The lowest BCUT2D eigenvalue weighted by Crippen LogP contribution is -2.35. The lowest BCUT2D eigenvalue weighted by molar-refractivity contribution is 0.0856. The van der Waals surface area contributed by atoms with Gasteiger partial charge in [-0.1, -0.05) is 60.7 Å². The lowest BCUT2D eigenvalue weighted by atomic mass is 10.0. The van der Waals surface area contributed by atoms with Crippen LogP contribution in [0.15, 0.2) is 77.8 Å². The molecule has 3 aromatic carbocycles. The Balaban J connectivity index is 1.63. The van der Waals surface area contributed by atoms with Gasteiger partial charge in [0.1, 0.15) is 5.84 Å². The highest BCUT2D eigenvalue weighted by Gasteiger charge is 2.24. The summed E-state index contributed by atoms with van der Waals surface area (Å²) in [7, 11) is 0. The van der Waals surface area contributed by atoms with E-state index in [4.69, 9.17) is 0 Å². The highest BCUT2D eigenvalue weighted by molar-refractivity contribution is 6.08. The Morgan fingerprint density at radius 3 is 2.54 bits per heavy atom. The molecule has 118 valence electrons. The van der Waals surface area contributed by atoms with E-state index in [1.807, 2.05) is 41.3 Å². The van der Waals surface area contributed by atoms with E-state index in [9.17, 15) is 4.79 Å². The van der Waals surface area contributed by atoms with Crippen molar-refractivity contribution < 1.29 is 4.79 Å². The van der Waals surface area contributed by atoms with Gasteiger partial charge in [0.05, 0.1) is 6.54 Å². The van der Waals surface area contributed by atoms with Gasteiger partial charge in [0, 0.05) is 18.5 Å². The van der Waals surface area contributed by atoms with E-state index in [0.717, 1.165) is 5.84 Å². The van der Waals surface area contributed by atoms with Crippen LogP contribution in [-0.4, -0.2) is 29.7 Å². The third-order valence-corrected chi connectivity index (χ3v) is 4.42. The summed E-state index contributed by atoms with van der Waals surface area (Å²) in [6, 6.07) is 24.1. The first kappa shape index (κ1) is 14.6. The second kappa shape index (κ2) is 6.28. The number of benzene rings is 3. The van der Waals surface area contributed by atoms with E-state index in [2.05, 4.69) is 41.4 Å². The molecule has 0 spiro atoms. The molecule has 0 atom stereocenters. The number of rotatable bonds is 3. The van der Waals surface area contributed by atoms with Crippen molar-refractivity contribution in [3.63, 3.8) is 0 Å². The molecule has 1 aliphatic rings. The Kier molecular flexibility index (Phi) is 3.83. The first-order valence-electron chi connectivity index (χ1n) is 8.20. The van der Waals surface area contributed by atoms with Crippen molar-refractivity contribution in [3.05, 3.63) is 83.9 Å². The minimum Gasteiger partial charge on any atom is -0.294 e. The van der Waals surface area contributed by atoms with Crippen LogP contribution in [0.1, 0.15) is 15.9 Å². The summed E-state index contributed by atoms with van der Waals surface area (Å²) in [5, 5.41) is 2.44. The van der Waals surface area contributed by atoms with Crippen LogP contribution in [0, 0.1) is 0 Å². The van der Waals surface area contributed by atoms with Crippen molar-refractivity contribution >= 4 is 22.5 Å². The number of carbonyl (C=O) groups is 1.